The van der Waals surface area contributed by atoms with Crippen molar-refractivity contribution in [2.75, 3.05) is 13.2 Å². The Morgan fingerprint density at radius 1 is 1.40 bits per heavy atom. The lowest BCUT2D eigenvalue weighted by Crippen LogP contribution is -2.45. The molecule has 15 heavy (non-hydrogen) atoms. The summed E-state index contributed by atoms with van der Waals surface area (Å²) in [7, 11) is 0. The average molecular weight is 220 g/mol. The standard InChI is InChI=1S/C11H12N2OS/c1-2-4-10-9(3-1)13-11(15-10)5-12-8-6-14-7-8/h1-4,8,12H,5-7H2. The molecule has 1 fully saturated rings. The van der Waals surface area contributed by atoms with E-state index in [1.165, 1.54) is 4.70 Å². The second kappa shape index (κ2) is 3.89. The number of hydrogen-bond donors (Lipinski definition) is 1. The Kier molecular flexibility index (Phi) is 2.40. The van der Waals surface area contributed by atoms with Gasteiger partial charge in [0.1, 0.15) is 5.01 Å². The van der Waals surface area contributed by atoms with E-state index in [1.807, 2.05) is 6.07 Å². The third-order valence-corrected chi connectivity index (χ3v) is 3.55. The zero-order valence-electron chi connectivity index (χ0n) is 8.27. The molecule has 1 aliphatic heterocycles. The van der Waals surface area contributed by atoms with E-state index in [4.69, 9.17) is 4.74 Å². The van der Waals surface area contributed by atoms with Crippen LogP contribution in [0.15, 0.2) is 24.3 Å². The maximum absolute atomic E-state index is 5.10. The highest BCUT2D eigenvalue weighted by Gasteiger charge is 2.17. The SMILES string of the molecule is c1ccc2sc(CNC3COC3)nc2c1. The molecule has 1 aromatic carbocycles. The highest BCUT2D eigenvalue weighted by molar-refractivity contribution is 7.18. The summed E-state index contributed by atoms with van der Waals surface area (Å²) in [5.74, 6) is 0. The molecular formula is C11H12N2OS. The van der Waals surface area contributed by atoms with Gasteiger partial charge >= 0.3 is 0 Å². The molecular weight excluding hydrogens is 208 g/mol. The maximum Gasteiger partial charge on any atom is 0.108 e. The van der Waals surface area contributed by atoms with Crippen LogP contribution in [0.3, 0.4) is 0 Å². The minimum absolute atomic E-state index is 0.525. The van der Waals surface area contributed by atoms with Crippen LogP contribution in [0.2, 0.25) is 0 Å². The van der Waals surface area contributed by atoms with E-state index in [0.29, 0.717) is 6.04 Å². The lowest BCUT2D eigenvalue weighted by Gasteiger charge is -2.26. The van der Waals surface area contributed by atoms with Crippen LogP contribution in [-0.4, -0.2) is 24.2 Å². The van der Waals surface area contributed by atoms with Crippen LogP contribution in [0.4, 0.5) is 0 Å². The van der Waals surface area contributed by atoms with Crippen LogP contribution in [0.25, 0.3) is 10.2 Å². The fourth-order valence-corrected chi connectivity index (χ4v) is 2.50. The second-order valence-electron chi connectivity index (χ2n) is 3.69. The van der Waals surface area contributed by atoms with Gasteiger partial charge in [-0.15, -0.1) is 11.3 Å². The van der Waals surface area contributed by atoms with Crippen molar-refractivity contribution in [1.82, 2.24) is 10.3 Å². The summed E-state index contributed by atoms with van der Waals surface area (Å²) in [6.07, 6.45) is 0. The maximum atomic E-state index is 5.10. The summed E-state index contributed by atoms with van der Waals surface area (Å²) in [5.41, 5.74) is 1.10. The van der Waals surface area contributed by atoms with Gasteiger partial charge in [-0.25, -0.2) is 4.98 Å². The molecule has 0 atom stereocenters. The Hall–Kier alpha value is -0.970. The number of thiazole rings is 1. The molecule has 0 amide bonds. The van der Waals surface area contributed by atoms with Gasteiger partial charge in [0.25, 0.3) is 0 Å². The highest BCUT2D eigenvalue weighted by atomic mass is 32.1. The Morgan fingerprint density at radius 3 is 3.00 bits per heavy atom. The van der Waals surface area contributed by atoms with Crippen LogP contribution >= 0.6 is 11.3 Å². The number of aromatic nitrogens is 1. The number of rotatable bonds is 3. The molecule has 0 spiro atoms. The minimum Gasteiger partial charge on any atom is -0.378 e. The van der Waals surface area contributed by atoms with Gasteiger partial charge in [0.05, 0.1) is 29.5 Å². The molecule has 0 unspecified atom stereocenters. The van der Waals surface area contributed by atoms with Crippen molar-refractivity contribution in [2.24, 2.45) is 0 Å². The van der Waals surface area contributed by atoms with Gasteiger partial charge in [-0.1, -0.05) is 12.1 Å². The molecule has 0 bridgehead atoms. The fraction of sp³-hybridized carbons (Fsp3) is 0.364. The van der Waals surface area contributed by atoms with Crippen molar-refractivity contribution in [3.63, 3.8) is 0 Å². The molecule has 1 aromatic heterocycles. The van der Waals surface area contributed by atoms with E-state index < -0.39 is 0 Å². The molecule has 0 radical (unpaired) electrons. The predicted molar refractivity (Wildman–Crippen MR) is 61.1 cm³/mol. The summed E-state index contributed by atoms with van der Waals surface area (Å²) in [6.45, 7) is 2.53. The Labute approximate surface area is 92.1 Å². The third-order valence-electron chi connectivity index (χ3n) is 2.52. The minimum atomic E-state index is 0.525. The van der Waals surface area contributed by atoms with Crippen LogP contribution in [0.1, 0.15) is 5.01 Å². The molecule has 0 saturated carbocycles. The van der Waals surface area contributed by atoms with Crippen molar-refractivity contribution in [3.05, 3.63) is 29.3 Å². The molecule has 1 aliphatic rings. The predicted octanol–water partition coefficient (Wildman–Crippen LogP) is 1.78. The molecule has 78 valence electrons. The van der Waals surface area contributed by atoms with Gasteiger partial charge in [-0.3, -0.25) is 0 Å². The molecule has 4 heteroatoms. The van der Waals surface area contributed by atoms with E-state index in [1.54, 1.807) is 11.3 Å². The first-order valence-electron chi connectivity index (χ1n) is 5.07. The van der Waals surface area contributed by atoms with E-state index in [9.17, 15) is 0 Å². The quantitative estimate of drug-likeness (QED) is 0.856. The monoisotopic (exact) mass is 220 g/mol. The van der Waals surface area contributed by atoms with Crippen molar-refractivity contribution in [3.8, 4) is 0 Å². The van der Waals surface area contributed by atoms with Gasteiger partial charge in [0.2, 0.25) is 0 Å². The number of nitrogens with zero attached hydrogens (tertiary/aromatic N) is 1. The normalized spacial score (nSPS) is 16.8. The van der Waals surface area contributed by atoms with E-state index in [-0.39, 0.29) is 0 Å². The van der Waals surface area contributed by atoms with E-state index in [0.717, 1.165) is 30.3 Å². The first-order valence-corrected chi connectivity index (χ1v) is 5.89. The molecule has 0 aliphatic carbocycles. The van der Waals surface area contributed by atoms with Crippen molar-refractivity contribution in [2.45, 2.75) is 12.6 Å². The Bertz CT molecular complexity index is 431. The lowest BCUT2D eigenvalue weighted by atomic mass is 10.2. The van der Waals surface area contributed by atoms with Gasteiger partial charge in [-0.2, -0.15) is 0 Å². The summed E-state index contributed by atoms with van der Waals surface area (Å²) in [5, 5.41) is 4.57. The van der Waals surface area contributed by atoms with Gasteiger partial charge in [0.15, 0.2) is 0 Å². The first-order chi connectivity index (χ1) is 7.42. The molecule has 2 heterocycles. The van der Waals surface area contributed by atoms with Crippen LogP contribution < -0.4 is 5.32 Å². The summed E-state index contributed by atoms with van der Waals surface area (Å²) >= 11 is 1.76. The zero-order valence-corrected chi connectivity index (χ0v) is 9.09. The average Bonchev–Trinajstić information content (AvgIpc) is 2.57. The van der Waals surface area contributed by atoms with Crippen molar-refractivity contribution in [1.29, 1.82) is 0 Å². The molecule has 3 nitrogen and oxygen atoms in total. The third kappa shape index (κ3) is 1.88. The van der Waals surface area contributed by atoms with Crippen LogP contribution in [0.5, 0.6) is 0 Å². The van der Waals surface area contributed by atoms with E-state index in [2.05, 4.69) is 28.5 Å². The van der Waals surface area contributed by atoms with Gasteiger partial charge in [-0.05, 0) is 12.1 Å². The number of hydrogen-bond acceptors (Lipinski definition) is 4. The van der Waals surface area contributed by atoms with E-state index >= 15 is 0 Å². The Balaban J connectivity index is 1.73. The second-order valence-corrected chi connectivity index (χ2v) is 4.81. The highest BCUT2D eigenvalue weighted by Crippen LogP contribution is 2.21. The van der Waals surface area contributed by atoms with Gasteiger partial charge in [0, 0.05) is 6.54 Å². The lowest BCUT2D eigenvalue weighted by molar-refractivity contribution is -0.00578. The molecule has 1 N–H and O–H groups in total. The summed E-state index contributed by atoms with van der Waals surface area (Å²) in [4.78, 5) is 4.56. The van der Waals surface area contributed by atoms with Crippen molar-refractivity contribution < 1.29 is 4.74 Å². The van der Waals surface area contributed by atoms with Crippen LogP contribution in [-0.2, 0) is 11.3 Å². The first kappa shape index (κ1) is 9.27. The molecule has 1 saturated heterocycles. The van der Waals surface area contributed by atoms with Gasteiger partial charge < -0.3 is 10.1 Å². The summed E-state index contributed by atoms with van der Waals surface area (Å²) < 4.78 is 6.37. The number of ether oxygens (including phenoxy) is 1. The topological polar surface area (TPSA) is 34.1 Å². The number of benzene rings is 1. The molecule has 2 aromatic rings. The van der Waals surface area contributed by atoms with Crippen LogP contribution in [0, 0.1) is 0 Å². The molecule has 3 rings (SSSR count). The van der Waals surface area contributed by atoms with Crippen molar-refractivity contribution >= 4 is 21.6 Å². The fourth-order valence-electron chi connectivity index (χ4n) is 1.58. The largest absolute Gasteiger partial charge is 0.378 e. The number of fused-ring (bicyclic) bond motifs is 1. The Morgan fingerprint density at radius 2 is 2.27 bits per heavy atom. The smallest absolute Gasteiger partial charge is 0.108 e. The zero-order chi connectivity index (χ0) is 10.1. The summed E-state index contributed by atoms with van der Waals surface area (Å²) in [6, 6.07) is 8.78. The number of para-hydroxylation sites is 1. The number of nitrogens with one attached hydrogen (secondary N) is 1.